The zero-order valence-electron chi connectivity index (χ0n) is 4.68. The molecule has 0 rings (SSSR count). The third-order valence-corrected chi connectivity index (χ3v) is 0.301. The van der Waals surface area contributed by atoms with E-state index in [9.17, 15) is 9.59 Å². The Morgan fingerprint density at radius 2 is 1.50 bits per heavy atom. The van der Waals surface area contributed by atoms with E-state index in [1.54, 1.807) is 0 Å². The van der Waals surface area contributed by atoms with Gasteiger partial charge in [0.05, 0.1) is 0 Å². The second-order valence-corrected chi connectivity index (χ2v) is 0.861. The predicted molar refractivity (Wildman–Crippen MR) is 29.6 cm³/mol. The van der Waals surface area contributed by atoms with Gasteiger partial charge in [-0.3, -0.25) is 4.79 Å². The first-order valence-corrected chi connectivity index (χ1v) is 1.88. The highest BCUT2D eigenvalue weighted by molar-refractivity contribution is 6.31. The first-order chi connectivity index (χ1) is 3.64. The van der Waals surface area contributed by atoms with E-state index in [0.29, 0.717) is 0 Å². The molecule has 0 radical (unpaired) electrons. The Bertz CT molecular complexity index is 83.8. The van der Waals surface area contributed by atoms with E-state index in [0.717, 1.165) is 6.92 Å². The molecule has 3 heteroatoms. The third kappa shape index (κ3) is 8.86. The lowest BCUT2D eigenvalue weighted by atomic mass is 10.5. The van der Waals surface area contributed by atoms with Crippen molar-refractivity contribution in [3.05, 3.63) is 13.2 Å². The highest BCUT2D eigenvalue weighted by Gasteiger charge is 1.98. The lowest BCUT2D eigenvalue weighted by Gasteiger charge is -1.73. The predicted octanol–water partition coefficient (Wildman–Crippen LogP) is 0.462. The molecular weight excluding hydrogens is 108 g/mol. The van der Waals surface area contributed by atoms with Gasteiger partial charge in [0.15, 0.2) is 0 Å². The van der Waals surface area contributed by atoms with Crippen LogP contribution < -0.4 is 0 Å². The minimum Gasteiger partial charge on any atom is -0.476 e. The van der Waals surface area contributed by atoms with Crippen LogP contribution in [0.5, 0.6) is 0 Å². The maximum Gasteiger partial charge on any atom is 0.371 e. The van der Waals surface area contributed by atoms with Crippen LogP contribution in [0.2, 0.25) is 0 Å². The van der Waals surface area contributed by atoms with E-state index < -0.39 is 11.8 Å². The van der Waals surface area contributed by atoms with Crippen molar-refractivity contribution in [2.75, 3.05) is 0 Å². The molecule has 0 bridgehead atoms. The zero-order chi connectivity index (χ0) is 7.15. The number of carbonyl (C=O) groups is 2. The van der Waals surface area contributed by atoms with Crippen LogP contribution in [0, 0.1) is 0 Å². The largest absolute Gasteiger partial charge is 0.476 e. The molecule has 0 aromatic rings. The maximum atomic E-state index is 9.54. The quantitative estimate of drug-likeness (QED) is 0.400. The van der Waals surface area contributed by atoms with Gasteiger partial charge in [-0.05, 0) is 0 Å². The Morgan fingerprint density at radius 3 is 1.50 bits per heavy atom. The van der Waals surface area contributed by atoms with Crippen molar-refractivity contribution in [2.45, 2.75) is 6.92 Å². The molecule has 0 aliphatic rings. The maximum absolute atomic E-state index is 9.54. The molecule has 0 aromatic heterocycles. The van der Waals surface area contributed by atoms with E-state index in [2.05, 4.69) is 13.2 Å². The smallest absolute Gasteiger partial charge is 0.371 e. The van der Waals surface area contributed by atoms with E-state index in [4.69, 9.17) is 5.11 Å². The Morgan fingerprint density at radius 1 is 1.38 bits per heavy atom. The van der Waals surface area contributed by atoms with E-state index in [-0.39, 0.29) is 0 Å². The van der Waals surface area contributed by atoms with Crippen molar-refractivity contribution >= 4 is 11.8 Å². The molecule has 0 saturated carbocycles. The molecule has 1 N–H and O–H groups in total. The number of carbonyl (C=O) groups excluding carboxylic acids is 1. The number of hydrogen-bond acceptors (Lipinski definition) is 2. The van der Waals surface area contributed by atoms with Crippen LogP contribution in [0.25, 0.3) is 0 Å². The van der Waals surface area contributed by atoms with Crippen LogP contribution in [0.1, 0.15) is 6.92 Å². The molecule has 0 spiro atoms. The van der Waals surface area contributed by atoms with Gasteiger partial charge in [-0.25, -0.2) is 4.79 Å². The van der Waals surface area contributed by atoms with Crippen molar-refractivity contribution in [1.29, 1.82) is 0 Å². The van der Waals surface area contributed by atoms with Crippen molar-refractivity contribution < 1.29 is 14.7 Å². The van der Waals surface area contributed by atoms with Gasteiger partial charge in [0.1, 0.15) is 0 Å². The first-order valence-electron chi connectivity index (χ1n) is 1.88. The summed E-state index contributed by atoms with van der Waals surface area (Å²) in [6.07, 6.45) is 0. The Hall–Kier alpha value is -1.12. The topological polar surface area (TPSA) is 54.4 Å². The molecule has 0 saturated heterocycles. The molecule has 0 unspecified atom stereocenters. The monoisotopic (exact) mass is 116 g/mol. The van der Waals surface area contributed by atoms with Crippen molar-refractivity contribution in [2.24, 2.45) is 0 Å². The van der Waals surface area contributed by atoms with Crippen LogP contribution in [-0.2, 0) is 9.59 Å². The third-order valence-electron chi connectivity index (χ3n) is 0.301. The highest BCUT2D eigenvalue weighted by Crippen LogP contribution is 1.61. The normalized spacial score (nSPS) is 6.12. The summed E-state index contributed by atoms with van der Waals surface area (Å²) in [5.41, 5.74) is 0. The summed E-state index contributed by atoms with van der Waals surface area (Å²) in [5, 5.41) is 7.64. The van der Waals surface area contributed by atoms with Crippen LogP contribution in [0.4, 0.5) is 0 Å². The number of hydrogen-bond donors (Lipinski definition) is 1. The average molecular weight is 116 g/mol. The fourth-order valence-electron chi connectivity index (χ4n) is 0. The Kier molecular flexibility index (Phi) is 7.34. The van der Waals surface area contributed by atoms with Gasteiger partial charge >= 0.3 is 5.97 Å². The molecule has 0 fully saturated rings. The first kappa shape index (κ1) is 9.99. The minimum atomic E-state index is -1.38. The van der Waals surface area contributed by atoms with E-state index in [1.165, 1.54) is 0 Å². The summed E-state index contributed by atoms with van der Waals surface area (Å²) >= 11 is 0. The van der Waals surface area contributed by atoms with Crippen molar-refractivity contribution in [3.63, 3.8) is 0 Å². The zero-order valence-corrected chi connectivity index (χ0v) is 4.68. The second-order valence-electron chi connectivity index (χ2n) is 0.861. The summed E-state index contributed by atoms with van der Waals surface area (Å²) < 4.78 is 0. The number of aliphatic carboxylic acids is 1. The lowest BCUT2D eigenvalue weighted by Crippen LogP contribution is -2.05. The molecular formula is C5H8O3. The molecule has 46 valence electrons. The molecule has 0 aliphatic heterocycles. The lowest BCUT2D eigenvalue weighted by molar-refractivity contribution is -0.148. The van der Waals surface area contributed by atoms with Crippen LogP contribution in [-0.4, -0.2) is 16.9 Å². The van der Waals surface area contributed by atoms with Crippen molar-refractivity contribution in [1.82, 2.24) is 0 Å². The summed E-state index contributed by atoms with van der Waals surface area (Å²) in [6.45, 7) is 7.00. The van der Waals surface area contributed by atoms with Crippen LogP contribution in [0.3, 0.4) is 0 Å². The SMILES string of the molecule is C=C.CC(=O)C(=O)O. The Labute approximate surface area is 47.6 Å². The van der Waals surface area contributed by atoms with Gasteiger partial charge in [0.2, 0.25) is 5.78 Å². The molecule has 0 amide bonds. The Balaban J connectivity index is 0. The summed E-state index contributed by atoms with van der Waals surface area (Å²) in [5.74, 6) is -2.20. The molecule has 8 heavy (non-hydrogen) atoms. The van der Waals surface area contributed by atoms with E-state index >= 15 is 0 Å². The van der Waals surface area contributed by atoms with Gasteiger partial charge in [-0.15, -0.1) is 13.2 Å². The molecule has 0 aromatic carbocycles. The standard InChI is InChI=1S/C3H4O3.C2H4/c1-2(4)3(5)6;1-2/h1H3,(H,5,6);1-2H2. The number of carboxylic acids is 1. The number of rotatable bonds is 1. The number of ketones is 1. The van der Waals surface area contributed by atoms with Gasteiger partial charge in [0, 0.05) is 6.92 Å². The molecule has 0 atom stereocenters. The molecule has 0 aliphatic carbocycles. The van der Waals surface area contributed by atoms with Crippen LogP contribution >= 0.6 is 0 Å². The highest BCUT2D eigenvalue weighted by atomic mass is 16.4. The van der Waals surface area contributed by atoms with Gasteiger partial charge < -0.3 is 5.11 Å². The van der Waals surface area contributed by atoms with Crippen molar-refractivity contribution in [3.8, 4) is 0 Å². The fraction of sp³-hybridized carbons (Fsp3) is 0.200. The van der Waals surface area contributed by atoms with Gasteiger partial charge in [-0.2, -0.15) is 0 Å². The van der Waals surface area contributed by atoms with E-state index in [1.807, 2.05) is 0 Å². The number of Topliss-reactive ketones (excluding diaryl/α,β-unsaturated/α-hetero) is 1. The second kappa shape index (κ2) is 5.88. The number of carboxylic acid groups (broad SMARTS) is 1. The van der Waals surface area contributed by atoms with Gasteiger partial charge in [0.25, 0.3) is 0 Å². The van der Waals surface area contributed by atoms with Crippen LogP contribution in [0.15, 0.2) is 13.2 Å². The molecule has 0 heterocycles. The molecule has 3 nitrogen and oxygen atoms in total. The average Bonchev–Trinajstić information content (AvgIpc) is 1.72. The summed E-state index contributed by atoms with van der Waals surface area (Å²) in [7, 11) is 0. The summed E-state index contributed by atoms with van der Waals surface area (Å²) in [4.78, 5) is 18.9. The minimum absolute atomic E-state index is 0.824. The summed E-state index contributed by atoms with van der Waals surface area (Å²) in [6, 6.07) is 0. The van der Waals surface area contributed by atoms with Gasteiger partial charge in [-0.1, -0.05) is 0 Å². The fourth-order valence-corrected chi connectivity index (χ4v) is 0.